The molecule has 0 spiro atoms. The van der Waals surface area contributed by atoms with Crippen LogP contribution in [0, 0.1) is 0 Å². The molecule has 0 saturated heterocycles. The fraction of sp³-hybridized carbons (Fsp3) is 0.286. The number of methoxy groups -OCH3 is 1. The molecule has 0 aliphatic carbocycles. The van der Waals surface area contributed by atoms with Crippen molar-refractivity contribution in [2.24, 2.45) is 0 Å². The third-order valence-corrected chi connectivity index (χ3v) is 3.90. The standard InChI is InChI=1S/C14H14O3S/c1-16-10-2-3-13-11(6-10)12(15)7-14(17-13)9-4-5-18-8-9/h2-6,8,12,14-15H,7H2,1H3. The molecule has 2 atom stereocenters. The van der Waals surface area contributed by atoms with Gasteiger partial charge in [-0.1, -0.05) is 0 Å². The molecule has 2 heterocycles. The quantitative estimate of drug-likeness (QED) is 0.902. The van der Waals surface area contributed by atoms with Crippen molar-refractivity contribution in [3.63, 3.8) is 0 Å². The summed E-state index contributed by atoms with van der Waals surface area (Å²) in [5, 5.41) is 14.3. The summed E-state index contributed by atoms with van der Waals surface area (Å²) in [6.45, 7) is 0. The number of thiophene rings is 1. The van der Waals surface area contributed by atoms with Crippen LogP contribution in [0.15, 0.2) is 35.0 Å². The summed E-state index contributed by atoms with van der Waals surface area (Å²) in [4.78, 5) is 0. The molecule has 1 aromatic heterocycles. The fourth-order valence-corrected chi connectivity index (χ4v) is 2.92. The molecule has 3 rings (SSSR count). The predicted molar refractivity (Wildman–Crippen MR) is 70.3 cm³/mol. The van der Waals surface area contributed by atoms with E-state index >= 15 is 0 Å². The maximum absolute atomic E-state index is 10.2. The van der Waals surface area contributed by atoms with Gasteiger partial charge in [-0.2, -0.15) is 11.3 Å². The minimum atomic E-state index is -0.506. The van der Waals surface area contributed by atoms with Gasteiger partial charge in [-0.3, -0.25) is 0 Å². The smallest absolute Gasteiger partial charge is 0.127 e. The largest absolute Gasteiger partial charge is 0.497 e. The Hall–Kier alpha value is -1.52. The zero-order valence-electron chi connectivity index (χ0n) is 10.00. The molecule has 0 bridgehead atoms. The first kappa shape index (κ1) is 11.6. The van der Waals surface area contributed by atoms with E-state index in [-0.39, 0.29) is 6.10 Å². The molecule has 94 valence electrons. The number of ether oxygens (including phenoxy) is 2. The second-order valence-electron chi connectivity index (χ2n) is 4.32. The van der Waals surface area contributed by atoms with Crippen LogP contribution in [0.5, 0.6) is 11.5 Å². The Kier molecular flexibility index (Phi) is 2.97. The first-order chi connectivity index (χ1) is 8.78. The highest BCUT2D eigenvalue weighted by Crippen LogP contribution is 2.42. The molecular weight excluding hydrogens is 248 g/mol. The Morgan fingerprint density at radius 1 is 1.39 bits per heavy atom. The van der Waals surface area contributed by atoms with E-state index in [9.17, 15) is 5.11 Å². The van der Waals surface area contributed by atoms with Gasteiger partial charge in [0.05, 0.1) is 13.2 Å². The molecule has 3 nitrogen and oxygen atoms in total. The Balaban J connectivity index is 1.93. The van der Waals surface area contributed by atoms with Crippen LogP contribution in [-0.2, 0) is 0 Å². The number of hydrogen-bond acceptors (Lipinski definition) is 4. The average molecular weight is 262 g/mol. The first-order valence-corrected chi connectivity index (χ1v) is 6.77. The van der Waals surface area contributed by atoms with E-state index in [1.165, 1.54) is 0 Å². The summed E-state index contributed by atoms with van der Waals surface area (Å²) in [5.41, 5.74) is 1.93. The number of aliphatic hydroxyl groups is 1. The second-order valence-corrected chi connectivity index (χ2v) is 5.10. The van der Waals surface area contributed by atoms with Crippen molar-refractivity contribution in [3.8, 4) is 11.5 Å². The van der Waals surface area contributed by atoms with E-state index in [1.54, 1.807) is 18.4 Å². The van der Waals surface area contributed by atoms with Crippen molar-refractivity contribution in [2.45, 2.75) is 18.6 Å². The highest BCUT2D eigenvalue weighted by Gasteiger charge is 2.28. The summed E-state index contributed by atoms with van der Waals surface area (Å²) in [5.74, 6) is 1.48. The van der Waals surface area contributed by atoms with Gasteiger partial charge in [-0.25, -0.2) is 0 Å². The number of rotatable bonds is 2. The maximum Gasteiger partial charge on any atom is 0.127 e. The van der Waals surface area contributed by atoms with Gasteiger partial charge in [-0.05, 0) is 35.0 Å². The molecule has 1 aliphatic heterocycles. The Bertz CT molecular complexity index is 536. The molecule has 1 aromatic carbocycles. The van der Waals surface area contributed by atoms with Crippen LogP contribution in [0.1, 0.15) is 29.8 Å². The third-order valence-electron chi connectivity index (χ3n) is 3.20. The monoisotopic (exact) mass is 262 g/mol. The zero-order chi connectivity index (χ0) is 12.5. The van der Waals surface area contributed by atoms with Crippen LogP contribution in [-0.4, -0.2) is 12.2 Å². The van der Waals surface area contributed by atoms with Crippen LogP contribution in [0.25, 0.3) is 0 Å². The van der Waals surface area contributed by atoms with Gasteiger partial charge >= 0.3 is 0 Å². The van der Waals surface area contributed by atoms with Crippen LogP contribution < -0.4 is 9.47 Å². The minimum Gasteiger partial charge on any atom is -0.497 e. The Morgan fingerprint density at radius 3 is 3.00 bits per heavy atom. The lowest BCUT2D eigenvalue weighted by Gasteiger charge is -2.29. The van der Waals surface area contributed by atoms with Crippen LogP contribution in [0.4, 0.5) is 0 Å². The van der Waals surface area contributed by atoms with E-state index < -0.39 is 6.10 Å². The molecule has 0 radical (unpaired) electrons. The number of fused-ring (bicyclic) bond motifs is 1. The van der Waals surface area contributed by atoms with Crippen molar-refractivity contribution in [1.29, 1.82) is 0 Å². The predicted octanol–water partition coefficient (Wildman–Crippen LogP) is 3.31. The lowest BCUT2D eigenvalue weighted by atomic mass is 9.96. The topological polar surface area (TPSA) is 38.7 Å². The minimum absolute atomic E-state index is 0.0628. The van der Waals surface area contributed by atoms with Crippen LogP contribution in [0.2, 0.25) is 0 Å². The molecular formula is C14H14O3S. The van der Waals surface area contributed by atoms with Gasteiger partial charge in [-0.15, -0.1) is 0 Å². The first-order valence-electron chi connectivity index (χ1n) is 5.82. The van der Waals surface area contributed by atoms with E-state index in [0.29, 0.717) is 6.42 Å². The lowest BCUT2D eigenvalue weighted by Crippen LogP contribution is -2.18. The van der Waals surface area contributed by atoms with Gasteiger partial charge in [0, 0.05) is 17.5 Å². The number of benzene rings is 1. The number of aliphatic hydroxyl groups excluding tert-OH is 1. The summed E-state index contributed by atoms with van der Waals surface area (Å²) in [7, 11) is 1.62. The van der Waals surface area contributed by atoms with Crippen LogP contribution in [0.3, 0.4) is 0 Å². The SMILES string of the molecule is COc1ccc2c(c1)C(O)CC(c1ccsc1)O2. The van der Waals surface area contributed by atoms with Crippen molar-refractivity contribution < 1.29 is 14.6 Å². The van der Waals surface area contributed by atoms with Crippen molar-refractivity contribution in [3.05, 3.63) is 46.2 Å². The lowest BCUT2D eigenvalue weighted by molar-refractivity contribution is 0.0656. The van der Waals surface area contributed by atoms with Crippen molar-refractivity contribution >= 4 is 11.3 Å². The van der Waals surface area contributed by atoms with E-state index in [2.05, 4.69) is 5.38 Å². The number of hydrogen-bond donors (Lipinski definition) is 1. The van der Waals surface area contributed by atoms with Gasteiger partial charge in [0.25, 0.3) is 0 Å². The summed E-state index contributed by atoms with van der Waals surface area (Å²) < 4.78 is 11.1. The van der Waals surface area contributed by atoms with Gasteiger partial charge in [0.2, 0.25) is 0 Å². The highest BCUT2D eigenvalue weighted by atomic mass is 32.1. The van der Waals surface area contributed by atoms with Gasteiger partial charge in [0.1, 0.15) is 17.6 Å². The maximum atomic E-state index is 10.2. The summed E-state index contributed by atoms with van der Waals surface area (Å²) in [6.07, 6.45) is 0.0116. The second kappa shape index (κ2) is 4.63. The molecule has 0 fully saturated rings. The van der Waals surface area contributed by atoms with Crippen LogP contribution >= 0.6 is 11.3 Å². The van der Waals surface area contributed by atoms with Gasteiger partial charge < -0.3 is 14.6 Å². The van der Waals surface area contributed by atoms with E-state index in [4.69, 9.17) is 9.47 Å². The zero-order valence-corrected chi connectivity index (χ0v) is 10.8. The fourth-order valence-electron chi connectivity index (χ4n) is 2.21. The third kappa shape index (κ3) is 1.98. The van der Waals surface area contributed by atoms with Gasteiger partial charge in [0.15, 0.2) is 0 Å². The molecule has 4 heteroatoms. The Morgan fingerprint density at radius 2 is 2.28 bits per heavy atom. The van der Waals surface area contributed by atoms with E-state index in [1.807, 2.05) is 29.6 Å². The normalized spacial score (nSPS) is 22.1. The average Bonchev–Trinajstić information content (AvgIpc) is 2.92. The Labute approximate surface area is 110 Å². The molecule has 1 aliphatic rings. The van der Waals surface area contributed by atoms with E-state index in [0.717, 1.165) is 22.6 Å². The molecule has 0 saturated carbocycles. The molecule has 18 heavy (non-hydrogen) atoms. The molecule has 2 unspecified atom stereocenters. The van der Waals surface area contributed by atoms with Crippen molar-refractivity contribution in [2.75, 3.05) is 7.11 Å². The van der Waals surface area contributed by atoms with Crippen molar-refractivity contribution in [1.82, 2.24) is 0 Å². The summed E-state index contributed by atoms with van der Waals surface area (Å²) >= 11 is 1.64. The molecule has 0 amide bonds. The highest BCUT2D eigenvalue weighted by molar-refractivity contribution is 7.07. The summed E-state index contributed by atoms with van der Waals surface area (Å²) in [6, 6.07) is 7.58. The molecule has 1 N–H and O–H groups in total. The molecule has 2 aromatic rings.